The van der Waals surface area contributed by atoms with E-state index in [1.807, 2.05) is 0 Å². The third-order valence-electron chi connectivity index (χ3n) is 2.36. The molecule has 2 aromatic rings. The lowest BCUT2D eigenvalue weighted by Gasteiger charge is -2.06. The number of anilines is 1. The van der Waals surface area contributed by atoms with Crippen molar-refractivity contribution in [2.24, 2.45) is 0 Å². The predicted octanol–water partition coefficient (Wildman–Crippen LogP) is 3.10. The molecule has 20 heavy (non-hydrogen) atoms. The molecule has 0 aliphatic heterocycles. The maximum Gasteiger partial charge on any atom is 0.348 e. The van der Waals surface area contributed by atoms with Crippen molar-refractivity contribution in [3.05, 3.63) is 45.1 Å². The highest BCUT2D eigenvalue weighted by Gasteiger charge is 2.23. The van der Waals surface area contributed by atoms with Crippen LogP contribution in [-0.4, -0.2) is 21.5 Å². The van der Waals surface area contributed by atoms with Crippen LogP contribution in [0.5, 0.6) is 0 Å². The highest BCUT2D eigenvalue weighted by atomic mass is 79.9. The number of nitrogens with one attached hydrogen (secondary N) is 1. The van der Waals surface area contributed by atoms with Gasteiger partial charge in [0, 0.05) is 5.69 Å². The first kappa shape index (κ1) is 15.0. The van der Waals surface area contributed by atoms with Gasteiger partial charge in [0.1, 0.15) is 9.77 Å². The number of thiophene rings is 1. The average Bonchev–Trinajstić information content (AvgIpc) is 2.81. The summed E-state index contributed by atoms with van der Waals surface area (Å²) in [5.74, 6) is -0.572. The molecule has 0 unspecified atom stereocenters. The molecule has 1 aromatic heterocycles. The number of benzene rings is 1. The van der Waals surface area contributed by atoms with Gasteiger partial charge >= 0.3 is 5.97 Å². The number of halogens is 1. The minimum absolute atomic E-state index is 0.00625. The number of methoxy groups -OCH3 is 1. The zero-order valence-corrected chi connectivity index (χ0v) is 13.5. The van der Waals surface area contributed by atoms with Gasteiger partial charge in [-0.3, -0.25) is 4.72 Å². The number of carbonyl (C=O) groups excluding carboxylic acids is 1. The van der Waals surface area contributed by atoms with Crippen LogP contribution < -0.4 is 4.72 Å². The fourth-order valence-corrected chi connectivity index (χ4v) is 5.00. The van der Waals surface area contributed by atoms with Crippen LogP contribution in [0.25, 0.3) is 0 Å². The molecule has 0 aliphatic rings. The monoisotopic (exact) mass is 375 g/mol. The van der Waals surface area contributed by atoms with Gasteiger partial charge < -0.3 is 4.74 Å². The number of hydrogen-bond acceptors (Lipinski definition) is 5. The number of hydrogen-bond donors (Lipinski definition) is 1. The number of carbonyl (C=O) groups is 1. The Morgan fingerprint density at radius 1 is 1.30 bits per heavy atom. The molecule has 0 amide bonds. The largest absolute Gasteiger partial charge is 0.465 e. The van der Waals surface area contributed by atoms with Gasteiger partial charge in [0.25, 0.3) is 10.0 Å². The third-order valence-corrected chi connectivity index (χ3v) is 5.97. The fourth-order valence-electron chi connectivity index (χ4n) is 1.45. The van der Waals surface area contributed by atoms with E-state index in [0.717, 1.165) is 11.3 Å². The maximum absolute atomic E-state index is 12.3. The first-order chi connectivity index (χ1) is 9.44. The minimum atomic E-state index is -3.76. The topological polar surface area (TPSA) is 72.5 Å². The van der Waals surface area contributed by atoms with E-state index in [0.29, 0.717) is 9.47 Å². The van der Waals surface area contributed by atoms with E-state index in [2.05, 4.69) is 25.4 Å². The summed E-state index contributed by atoms with van der Waals surface area (Å²) < 4.78 is 31.9. The van der Waals surface area contributed by atoms with Crippen LogP contribution in [0.3, 0.4) is 0 Å². The minimum Gasteiger partial charge on any atom is -0.465 e. The summed E-state index contributed by atoms with van der Waals surface area (Å²) in [5.41, 5.74) is 0.449. The van der Waals surface area contributed by atoms with Crippen LogP contribution in [0.4, 0.5) is 5.69 Å². The summed E-state index contributed by atoms with van der Waals surface area (Å²) in [5, 5.41) is 0. The lowest BCUT2D eigenvalue weighted by atomic mass is 10.3. The van der Waals surface area contributed by atoms with Crippen molar-refractivity contribution in [3.63, 3.8) is 0 Å². The number of rotatable bonds is 4. The van der Waals surface area contributed by atoms with Gasteiger partial charge in [-0.2, -0.15) is 0 Å². The molecule has 0 atom stereocenters. The van der Waals surface area contributed by atoms with Gasteiger partial charge in [-0.25, -0.2) is 13.2 Å². The summed E-state index contributed by atoms with van der Waals surface area (Å²) in [6.07, 6.45) is 0. The first-order valence-corrected chi connectivity index (χ1v) is 8.49. The molecule has 0 spiro atoms. The fraction of sp³-hybridized carbons (Fsp3) is 0.0833. The van der Waals surface area contributed by atoms with E-state index >= 15 is 0 Å². The number of esters is 1. The molecule has 1 N–H and O–H groups in total. The van der Waals surface area contributed by atoms with Crippen molar-refractivity contribution in [1.82, 2.24) is 0 Å². The standard InChI is InChI=1S/C12H10BrNO4S2/c1-18-12(15)9-7-10(11(13)19-9)20(16,17)14-8-5-3-2-4-6-8/h2-7,14H,1H3. The molecular weight excluding hydrogens is 366 g/mol. The lowest BCUT2D eigenvalue weighted by molar-refractivity contribution is 0.0606. The molecular formula is C12H10BrNO4S2. The molecule has 0 radical (unpaired) electrons. The molecule has 8 heteroatoms. The van der Waals surface area contributed by atoms with Crippen LogP contribution in [0.1, 0.15) is 9.67 Å². The van der Waals surface area contributed by atoms with E-state index in [-0.39, 0.29) is 9.77 Å². The highest BCUT2D eigenvalue weighted by molar-refractivity contribution is 9.11. The Balaban J connectivity index is 2.35. The molecule has 0 aliphatic carbocycles. The van der Waals surface area contributed by atoms with Gasteiger partial charge in [-0.05, 0) is 34.1 Å². The lowest BCUT2D eigenvalue weighted by Crippen LogP contribution is -2.12. The zero-order chi connectivity index (χ0) is 14.8. The van der Waals surface area contributed by atoms with Crippen molar-refractivity contribution in [2.75, 3.05) is 11.8 Å². The normalized spacial score (nSPS) is 11.1. The van der Waals surface area contributed by atoms with Gasteiger partial charge in [-0.15, -0.1) is 11.3 Å². The second kappa shape index (κ2) is 5.94. The van der Waals surface area contributed by atoms with Crippen molar-refractivity contribution in [1.29, 1.82) is 0 Å². The molecule has 2 rings (SSSR count). The summed E-state index contributed by atoms with van der Waals surface area (Å²) in [4.78, 5) is 11.6. The van der Waals surface area contributed by atoms with Crippen molar-refractivity contribution in [2.45, 2.75) is 4.90 Å². The number of sulfonamides is 1. The Bertz CT molecular complexity index is 725. The van der Waals surface area contributed by atoms with Crippen molar-refractivity contribution < 1.29 is 17.9 Å². The third kappa shape index (κ3) is 3.20. The van der Waals surface area contributed by atoms with Gasteiger partial charge in [0.05, 0.1) is 10.9 Å². The average molecular weight is 376 g/mol. The number of para-hydroxylation sites is 1. The Labute approximate surface area is 128 Å². The second-order valence-electron chi connectivity index (χ2n) is 3.71. The number of ether oxygens (including phenoxy) is 1. The Morgan fingerprint density at radius 3 is 2.55 bits per heavy atom. The van der Waals surface area contributed by atoms with E-state index in [4.69, 9.17) is 0 Å². The van der Waals surface area contributed by atoms with E-state index in [1.54, 1.807) is 30.3 Å². The molecule has 1 heterocycles. The van der Waals surface area contributed by atoms with Crippen LogP contribution in [-0.2, 0) is 14.8 Å². The van der Waals surface area contributed by atoms with Crippen LogP contribution in [0, 0.1) is 0 Å². The highest BCUT2D eigenvalue weighted by Crippen LogP contribution is 2.33. The quantitative estimate of drug-likeness (QED) is 0.833. The van der Waals surface area contributed by atoms with Crippen LogP contribution in [0.2, 0.25) is 0 Å². The van der Waals surface area contributed by atoms with E-state index in [1.165, 1.54) is 13.2 Å². The summed E-state index contributed by atoms with van der Waals surface area (Å²) in [6, 6.07) is 9.79. The molecule has 0 bridgehead atoms. The van der Waals surface area contributed by atoms with E-state index < -0.39 is 16.0 Å². The van der Waals surface area contributed by atoms with Gasteiger partial charge in [-0.1, -0.05) is 18.2 Å². The maximum atomic E-state index is 12.3. The molecule has 0 fully saturated rings. The Kier molecular flexibility index (Phi) is 4.46. The first-order valence-electron chi connectivity index (χ1n) is 5.39. The predicted molar refractivity (Wildman–Crippen MR) is 80.6 cm³/mol. The Morgan fingerprint density at radius 2 is 1.95 bits per heavy atom. The molecule has 5 nitrogen and oxygen atoms in total. The van der Waals surface area contributed by atoms with Gasteiger partial charge in [0.15, 0.2) is 0 Å². The summed E-state index contributed by atoms with van der Waals surface area (Å²) in [7, 11) is -2.52. The molecule has 1 aromatic carbocycles. The Hall–Kier alpha value is -1.38. The molecule has 0 saturated heterocycles. The zero-order valence-electron chi connectivity index (χ0n) is 10.3. The van der Waals surface area contributed by atoms with Crippen molar-refractivity contribution in [3.8, 4) is 0 Å². The van der Waals surface area contributed by atoms with Crippen LogP contribution >= 0.6 is 27.3 Å². The second-order valence-corrected chi connectivity index (χ2v) is 7.73. The summed E-state index contributed by atoms with van der Waals surface area (Å²) in [6.45, 7) is 0. The summed E-state index contributed by atoms with van der Waals surface area (Å²) >= 11 is 4.16. The molecule has 106 valence electrons. The van der Waals surface area contributed by atoms with Gasteiger partial charge in [0.2, 0.25) is 0 Å². The molecule has 0 saturated carbocycles. The van der Waals surface area contributed by atoms with Crippen LogP contribution in [0.15, 0.2) is 45.1 Å². The smallest absolute Gasteiger partial charge is 0.348 e. The van der Waals surface area contributed by atoms with Crippen molar-refractivity contribution >= 4 is 48.9 Å². The van der Waals surface area contributed by atoms with E-state index in [9.17, 15) is 13.2 Å². The SMILES string of the molecule is COC(=O)c1cc(S(=O)(=O)Nc2ccccc2)c(Br)s1.